The minimum absolute atomic E-state index is 0.444. The fraction of sp³-hybridized carbons (Fsp3) is 0.167. The van der Waals surface area contributed by atoms with E-state index in [1.54, 1.807) is 0 Å². The number of rotatable bonds is 2. The lowest BCUT2D eigenvalue weighted by atomic mass is 10.1. The van der Waals surface area contributed by atoms with Crippen molar-refractivity contribution in [3.63, 3.8) is 0 Å². The van der Waals surface area contributed by atoms with Crippen LogP contribution in [0.1, 0.15) is 15.2 Å². The molecule has 0 fully saturated rings. The Morgan fingerprint density at radius 1 is 1.82 bits per heavy atom. The van der Waals surface area contributed by atoms with Gasteiger partial charge >= 0.3 is 5.97 Å². The molecule has 0 aromatic carbocycles. The van der Waals surface area contributed by atoms with Crippen LogP contribution in [0.2, 0.25) is 0 Å². The van der Waals surface area contributed by atoms with Gasteiger partial charge in [-0.1, -0.05) is 22.0 Å². The normalized spacial score (nSPS) is 9.91. The summed E-state index contributed by atoms with van der Waals surface area (Å²) >= 11 is 4.55. The molecule has 0 saturated heterocycles. The van der Waals surface area contributed by atoms with E-state index < -0.39 is 5.97 Å². The Morgan fingerprint density at radius 2 is 2.45 bits per heavy atom. The largest absolute Gasteiger partial charge is 0.477 e. The molecule has 0 atom stereocenters. The molecule has 1 aromatic heterocycles. The van der Waals surface area contributed by atoms with Crippen LogP contribution in [0, 0.1) is 0 Å². The molecule has 0 spiro atoms. The van der Waals surface area contributed by atoms with E-state index in [1.165, 1.54) is 11.3 Å². The number of thiophene rings is 1. The van der Waals surface area contributed by atoms with Gasteiger partial charge in [0.15, 0.2) is 7.85 Å². The molecule has 1 heterocycles. The van der Waals surface area contributed by atoms with Gasteiger partial charge in [0.25, 0.3) is 0 Å². The molecule has 0 unspecified atom stereocenters. The second-order valence-electron chi connectivity index (χ2n) is 2.15. The third-order valence-corrected chi connectivity index (χ3v) is 2.96. The molecule has 0 aliphatic rings. The van der Waals surface area contributed by atoms with E-state index in [-0.39, 0.29) is 0 Å². The number of alkyl halides is 1. The number of carboxylic acid groups (broad SMARTS) is 1. The third kappa shape index (κ3) is 1.84. The molecule has 0 aliphatic carbocycles. The Labute approximate surface area is 77.8 Å². The quantitative estimate of drug-likeness (QED) is 0.599. The predicted octanol–water partition coefficient (Wildman–Crippen LogP) is 0.600. The summed E-state index contributed by atoms with van der Waals surface area (Å²) in [6.07, 6.45) is 0. The number of aromatic carboxylic acids is 1. The summed E-state index contributed by atoms with van der Waals surface area (Å²) in [4.78, 5) is 11.0. The molecule has 0 bridgehead atoms. The van der Waals surface area contributed by atoms with Crippen LogP contribution in [0.4, 0.5) is 0 Å². The first-order chi connectivity index (χ1) is 5.15. The molecular formula is C6H6BBrO2S. The summed E-state index contributed by atoms with van der Waals surface area (Å²) < 4.78 is 1.04. The van der Waals surface area contributed by atoms with Gasteiger partial charge in [0, 0.05) is 5.33 Å². The molecule has 1 rings (SSSR count). The summed E-state index contributed by atoms with van der Waals surface area (Å²) in [6, 6.07) is 1.89. The zero-order chi connectivity index (χ0) is 8.43. The van der Waals surface area contributed by atoms with Gasteiger partial charge in [-0.05, 0) is 10.3 Å². The lowest BCUT2D eigenvalue weighted by molar-refractivity contribution is 0.0701. The van der Waals surface area contributed by atoms with Gasteiger partial charge in [-0.3, -0.25) is 0 Å². The topological polar surface area (TPSA) is 37.3 Å². The first-order valence-electron chi connectivity index (χ1n) is 3.03. The number of hydrogen-bond acceptors (Lipinski definition) is 2. The van der Waals surface area contributed by atoms with E-state index in [0.29, 0.717) is 10.2 Å². The van der Waals surface area contributed by atoms with Crippen LogP contribution in [0.3, 0.4) is 0 Å². The molecule has 0 aliphatic heterocycles. The summed E-state index contributed by atoms with van der Waals surface area (Å²) in [5, 5.41) is 9.31. The standard InChI is InChI=1S/C6H6BBrO2S/c7-4-1-3(2-8)5(11-4)6(9)10/h1H,2,7H2,(H,9,10). The lowest BCUT2D eigenvalue weighted by Crippen LogP contribution is -1.95. The first kappa shape index (κ1) is 8.81. The van der Waals surface area contributed by atoms with E-state index in [9.17, 15) is 4.79 Å². The van der Waals surface area contributed by atoms with E-state index >= 15 is 0 Å². The third-order valence-electron chi connectivity index (χ3n) is 1.27. The smallest absolute Gasteiger partial charge is 0.346 e. The second kappa shape index (κ2) is 3.41. The maximum absolute atomic E-state index is 10.6. The molecule has 5 heteroatoms. The monoisotopic (exact) mass is 232 g/mol. The van der Waals surface area contributed by atoms with Crippen molar-refractivity contribution in [3.05, 3.63) is 16.5 Å². The summed E-state index contributed by atoms with van der Waals surface area (Å²) in [5.74, 6) is -0.836. The molecule has 1 aromatic rings. The van der Waals surface area contributed by atoms with Crippen molar-refractivity contribution in [3.8, 4) is 0 Å². The van der Waals surface area contributed by atoms with Gasteiger partial charge in [0.05, 0.1) is 0 Å². The van der Waals surface area contributed by atoms with Gasteiger partial charge in [0.1, 0.15) is 4.88 Å². The highest BCUT2D eigenvalue weighted by Crippen LogP contribution is 2.16. The van der Waals surface area contributed by atoms with E-state index in [0.717, 1.165) is 10.3 Å². The summed E-state index contributed by atoms with van der Waals surface area (Å²) in [5.41, 5.74) is 0.861. The average Bonchev–Trinajstić information content (AvgIpc) is 2.30. The van der Waals surface area contributed by atoms with E-state index in [2.05, 4.69) is 15.9 Å². The molecule has 11 heavy (non-hydrogen) atoms. The fourth-order valence-electron chi connectivity index (χ4n) is 0.847. The Morgan fingerprint density at radius 3 is 2.82 bits per heavy atom. The summed E-state index contributed by atoms with van der Waals surface area (Å²) in [7, 11) is 1.91. The van der Waals surface area contributed by atoms with Crippen molar-refractivity contribution < 1.29 is 9.90 Å². The maximum Gasteiger partial charge on any atom is 0.346 e. The first-order valence-corrected chi connectivity index (χ1v) is 4.97. The number of carbonyl (C=O) groups is 1. The SMILES string of the molecule is Bc1cc(CBr)c(C(=O)O)s1. The molecular weight excluding hydrogens is 227 g/mol. The lowest BCUT2D eigenvalue weighted by Gasteiger charge is -1.90. The highest BCUT2D eigenvalue weighted by atomic mass is 79.9. The zero-order valence-electron chi connectivity index (χ0n) is 5.93. The second-order valence-corrected chi connectivity index (χ2v) is 3.97. The van der Waals surface area contributed by atoms with Crippen LogP contribution in [-0.2, 0) is 5.33 Å². The highest BCUT2D eigenvalue weighted by molar-refractivity contribution is 9.08. The number of halogens is 1. The zero-order valence-corrected chi connectivity index (χ0v) is 8.33. The number of carboxylic acids is 1. The van der Waals surface area contributed by atoms with Gasteiger partial charge in [-0.15, -0.1) is 11.3 Å². The van der Waals surface area contributed by atoms with Crippen molar-refractivity contribution in [1.82, 2.24) is 0 Å². The predicted molar refractivity (Wildman–Crippen MR) is 52.1 cm³/mol. The average molecular weight is 233 g/mol. The fourth-order valence-corrected chi connectivity index (χ4v) is 2.35. The summed E-state index contributed by atoms with van der Waals surface area (Å²) in [6.45, 7) is 0. The van der Waals surface area contributed by atoms with Crippen LogP contribution in [0.25, 0.3) is 0 Å². The Bertz CT molecular complexity index is 284. The van der Waals surface area contributed by atoms with Crippen molar-refractivity contribution in [2.45, 2.75) is 5.33 Å². The van der Waals surface area contributed by atoms with Gasteiger partial charge in [-0.2, -0.15) is 0 Å². The van der Waals surface area contributed by atoms with Crippen LogP contribution in [0.15, 0.2) is 6.07 Å². The number of hydrogen-bond donors (Lipinski definition) is 1. The van der Waals surface area contributed by atoms with E-state index in [4.69, 9.17) is 5.11 Å². The molecule has 0 amide bonds. The molecule has 0 saturated carbocycles. The molecule has 0 radical (unpaired) electrons. The van der Waals surface area contributed by atoms with Gasteiger partial charge < -0.3 is 5.11 Å². The van der Waals surface area contributed by atoms with Crippen molar-refractivity contribution in [2.24, 2.45) is 0 Å². The Balaban J connectivity index is 3.12. The Hall–Kier alpha value is -0.285. The molecule has 58 valence electrons. The van der Waals surface area contributed by atoms with Crippen molar-refractivity contribution >= 4 is 45.9 Å². The van der Waals surface area contributed by atoms with Gasteiger partial charge in [-0.25, -0.2) is 4.79 Å². The van der Waals surface area contributed by atoms with Gasteiger partial charge in [0.2, 0.25) is 0 Å². The molecule has 2 nitrogen and oxygen atoms in total. The van der Waals surface area contributed by atoms with Crippen LogP contribution >= 0.6 is 27.3 Å². The highest BCUT2D eigenvalue weighted by Gasteiger charge is 2.11. The van der Waals surface area contributed by atoms with Crippen molar-refractivity contribution in [2.75, 3.05) is 0 Å². The minimum atomic E-state index is -0.836. The maximum atomic E-state index is 10.6. The van der Waals surface area contributed by atoms with E-state index in [1.807, 2.05) is 13.9 Å². The van der Waals surface area contributed by atoms with Crippen LogP contribution < -0.4 is 4.78 Å². The minimum Gasteiger partial charge on any atom is -0.477 e. The molecule has 1 N–H and O–H groups in total. The van der Waals surface area contributed by atoms with Crippen molar-refractivity contribution in [1.29, 1.82) is 0 Å². The Kier molecular flexibility index (Phi) is 2.73. The van der Waals surface area contributed by atoms with Crippen LogP contribution in [-0.4, -0.2) is 18.9 Å². The van der Waals surface area contributed by atoms with Crippen LogP contribution in [0.5, 0.6) is 0 Å².